The highest BCUT2D eigenvalue weighted by Crippen LogP contribution is 2.23. The summed E-state index contributed by atoms with van der Waals surface area (Å²) in [7, 11) is 0. The first-order valence-electron chi connectivity index (χ1n) is 4.77. The van der Waals surface area contributed by atoms with Gasteiger partial charge in [-0.2, -0.15) is 0 Å². The molecule has 0 aromatic heterocycles. The molecule has 2 atom stereocenters. The summed E-state index contributed by atoms with van der Waals surface area (Å²) in [5, 5.41) is 0. The van der Waals surface area contributed by atoms with E-state index >= 15 is 0 Å². The molecule has 0 heterocycles. The zero-order valence-corrected chi connectivity index (χ0v) is 8.93. The van der Waals surface area contributed by atoms with Gasteiger partial charge in [0.2, 0.25) is 0 Å². The minimum Gasteiger partial charge on any atom is -0.321 e. The van der Waals surface area contributed by atoms with Crippen LogP contribution in [0.25, 0.3) is 0 Å². The molecule has 5 heteroatoms. The lowest BCUT2D eigenvalue weighted by atomic mass is 10.0. The summed E-state index contributed by atoms with van der Waals surface area (Å²) in [6.07, 6.45) is -1.48. The Bertz CT molecular complexity index is 416. The molecule has 1 aromatic rings. The summed E-state index contributed by atoms with van der Waals surface area (Å²) in [6, 6.07) is 0.770. The number of alkyl halides is 1. The molecule has 0 amide bonds. The van der Waals surface area contributed by atoms with Crippen molar-refractivity contribution in [3.63, 3.8) is 0 Å². The van der Waals surface area contributed by atoms with Crippen LogP contribution in [0.1, 0.15) is 35.9 Å². The summed E-state index contributed by atoms with van der Waals surface area (Å²) in [4.78, 5) is 11.4. The van der Waals surface area contributed by atoms with E-state index in [2.05, 4.69) is 0 Å². The predicted molar refractivity (Wildman–Crippen MR) is 53.9 cm³/mol. The van der Waals surface area contributed by atoms with E-state index in [-0.39, 0.29) is 5.56 Å². The van der Waals surface area contributed by atoms with Gasteiger partial charge in [-0.05, 0) is 31.5 Å². The van der Waals surface area contributed by atoms with Crippen molar-refractivity contribution in [2.45, 2.75) is 26.1 Å². The molecule has 0 spiro atoms. The highest BCUT2D eigenvalue weighted by atomic mass is 19.2. The standard InChI is InChI=1S/C11H12F3NO/c1-5(12)7-3-8(11(16)6(2)15)10(14)9(13)4-7/h3-6H,15H2,1-2H3. The fourth-order valence-corrected chi connectivity index (χ4v) is 1.26. The zero-order chi connectivity index (χ0) is 12.5. The number of halogens is 3. The Morgan fingerprint density at radius 3 is 2.31 bits per heavy atom. The minimum atomic E-state index is -1.48. The van der Waals surface area contributed by atoms with Gasteiger partial charge in [0, 0.05) is 0 Å². The summed E-state index contributed by atoms with van der Waals surface area (Å²) in [6.45, 7) is 2.53. The van der Waals surface area contributed by atoms with Crippen LogP contribution < -0.4 is 5.73 Å². The SMILES string of the molecule is CC(N)C(=O)c1cc(C(C)F)cc(F)c1F. The highest BCUT2D eigenvalue weighted by Gasteiger charge is 2.21. The van der Waals surface area contributed by atoms with Crippen molar-refractivity contribution in [2.75, 3.05) is 0 Å². The molecule has 88 valence electrons. The highest BCUT2D eigenvalue weighted by molar-refractivity contribution is 6.00. The summed E-state index contributed by atoms with van der Waals surface area (Å²) < 4.78 is 39.3. The number of carbonyl (C=O) groups excluding carboxylic acids is 1. The first kappa shape index (κ1) is 12.7. The maximum absolute atomic E-state index is 13.3. The molecule has 0 radical (unpaired) electrons. The average molecular weight is 231 g/mol. The first-order valence-corrected chi connectivity index (χ1v) is 4.77. The van der Waals surface area contributed by atoms with Gasteiger partial charge in [0.25, 0.3) is 0 Å². The van der Waals surface area contributed by atoms with Gasteiger partial charge in [-0.25, -0.2) is 13.2 Å². The maximum Gasteiger partial charge on any atom is 0.182 e. The van der Waals surface area contributed by atoms with Gasteiger partial charge < -0.3 is 5.73 Å². The third-order valence-corrected chi connectivity index (χ3v) is 2.19. The second kappa shape index (κ2) is 4.65. The summed E-state index contributed by atoms with van der Waals surface area (Å²) in [5.74, 6) is -3.28. The van der Waals surface area contributed by atoms with E-state index in [0.29, 0.717) is 0 Å². The molecule has 2 nitrogen and oxygen atoms in total. The third-order valence-electron chi connectivity index (χ3n) is 2.19. The number of ketones is 1. The Kier molecular flexibility index (Phi) is 3.70. The van der Waals surface area contributed by atoms with Crippen LogP contribution in [0.2, 0.25) is 0 Å². The fraction of sp³-hybridized carbons (Fsp3) is 0.364. The largest absolute Gasteiger partial charge is 0.321 e. The number of rotatable bonds is 3. The topological polar surface area (TPSA) is 43.1 Å². The van der Waals surface area contributed by atoms with E-state index in [0.717, 1.165) is 12.1 Å². The molecule has 1 aromatic carbocycles. The van der Waals surface area contributed by atoms with Crippen LogP contribution in [0.4, 0.5) is 13.2 Å². The Labute approximate surface area is 91.3 Å². The Morgan fingerprint density at radius 1 is 1.31 bits per heavy atom. The second-order valence-corrected chi connectivity index (χ2v) is 3.63. The van der Waals surface area contributed by atoms with Crippen LogP contribution in [-0.4, -0.2) is 11.8 Å². The molecule has 2 unspecified atom stereocenters. The van der Waals surface area contributed by atoms with Gasteiger partial charge in [-0.3, -0.25) is 4.79 Å². The molecule has 16 heavy (non-hydrogen) atoms. The van der Waals surface area contributed by atoms with E-state index in [1.165, 1.54) is 13.8 Å². The van der Waals surface area contributed by atoms with Gasteiger partial charge in [0.05, 0.1) is 11.6 Å². The van der Waals surface area contributed by atoms with E-state index in [1.54, 1.807) is 0 Å². The molecule has 0 saturated heterocycles. The average Bonchev–Trinajstić information content (AvgIpc) is 2.20. The van der Waals surface area contributed by atoms with Crippen LogP contribution in [0, 0.1) is 11.6 Å². The van der Waals surface area contributed by atoms with Crippen molar-refractivity contribution in [3.8, 4) is 0 Å². The van der Waals surface area contributed by atoms with Gasteiger partial charge in [-0.1, -0.05) is 0 Å². The van der Waals surface area contributed by atoms with Crippen LogP contribution in [-0.2, 0) is 0 Å². The lowest BCUT2D eigenvalue weighted by molar-refractivity contribution is 0.0962. The molecule has 0 saturated carbocycles. The zero-order valence-electron chi connectivity index (χ0n) is 8.93. The number of Topliss-reactive ketones (excluding diaryl/α,β-unsaturated/α-hetero) is 1. The number of hydrogen-bond donors (Lipinski definition) is 1. The van der Waals surface area contributed by atoms with Crippen molar-refractivity contribution < 1.29 is 18.0 Å². The normalized spacial score (nSPS) is 14.6. The Balaban J connectivity index is 3.32. The number of nitrogens with two attached hydrogens (primary N) is 1. The van der Waals surface area contributed by atoms with Crippen molar-refractivity contribution in [1.29, 1.82) is 0 Å². The molecule has 0 aliphatic heterocycles. The molecule has 0 fully saturated rings. The lowest BCUT2D eigenvalue weighted by Gasteiger charge is -2.09. The lowest BCUT2D eigenvalue weighted by Crippen LogP contribution is -2.27. The van der Waals surface area contributed by atoms with E-state index in [1.807, 2.05) is 0 Å². The maximum atomic E-state index is 13.3. The number of carbonyl (C=O) groups is 1. The van der Waals surface area contributed by atoms with E-state index in [9.17, 15) is 18.0 Å². The summed E-state index contributed by atoms with van der Waals surface area (Å²) >= 11 is 0. The van der Waals surface area contributed by atoms with E-state index < -0.39 is 35.2 Å². The second-order valence-electron chi connectivity index (χ2n) is 3.63. The van der Waals surface area contributed by atoms with Crippen molar-refractivity contribution in [2.24, 2.45) is 5.73 Å². The Hall–Kier alpha value is -1.36. The molecular formula is C11H12F3NO. The van der Waals surface area contributed by atoms with Gasteiger partial charge >= 0.3 is 0 Å². The molecule has 0 bridgehead atoms. The summed E-state index contributed by atoms with van der Waals surface area (Å²) in [5.41, 5.74) is 4.69. The number of benzene rings is 1. The third kappa shape index (κ3) is 2.41. The van der Waals surface area contributed by atoms with Crippen molar-refractivity contribution in [3.05, 3.63) is 34.9 Å². The Morgan fingerprint density at radius 2 is 1.88 bits per heavy atom. The molecule has 2 N–H and O–H groups in total. The molecule has 0 aliphatic carbocycles. The van der Waals surface area contributed by atoms with Crippen LogP contribution in [0.3, 0.4) is 0 Å². The van der Waals surface area contributed by atoms with Crippen molar-refractivity contribution in [1.82, 2.24) is 0 Å². The quantitative estimate of drug-likeness (QED) is 0.812. The predicted octanol–water partition coefficient (Wildman–Crippen LogP) is 2.53. The smallest absolute Gasteiger partial charge is 0.182 e. The minimum absolute atomic E-state index is 0.0806. The van der Waals surface area contributed by atoms with Crippen LogP contribution in [0.15, 0.2) is 12.1 Å². The fourth-order valence-electron chi connectivity index (χ4n) is 1.26. The molecular weight excluding hydrogens is 219 g/mol. The van der Waals surface area contributed by atoms with Gasteiger partial charge in [0.1, 0.15) is 6.17 Å². The van der Waals surface area contributed by atoms with Crippen molar-refractivity contribution >= 4 is 5.78 Å². The molecule has 0 aliphatic rings. The van der Waals surface area contributed by atoms with Gasteiger partial charge in [-0.15, -0.1) is 0 Å². The first-order chi connectivity index (χ1) is 7.34. The van der Waals surface area contributed by atoms with Gasteiger partial charge in [0.15, 0.2) is 17.4 Å². The number of hydrogen-bond acceptors (Lipinski definition) is 2. The molecule has 1 rings (SSSR count). The van der Waals surface area contributed by atoms with Crippen LogP contribution >= 0.6 is 0 Å². The van der Waals surface area contributed by atoms with Crippen LogP contribution in [0.5, 0.6) is 0 Å². The monoisotopic (exact) mass is 231 g/mol. The van der Waals surface area contributed by atoms with E-state index in [4.69, 9.17) is 5.73 Å².